The van der Waals surface area contributed by atoms with E-state index in [0.29, 0.717) is 23.5 Å². The zero-order chi connectivity index (χ0) is 17.4. The Morgan fingerprint density at radius 3 is 2.46 bits per heavy atom. The summed E-state index contributed by atoms with van der Waals surface area (Å²) in [6.45, 7) is 0.723. The average molecular weight is 336 g/mol. The summed E-state index contributed by atoms with van der Waals surface area (Å²) < 4.78 is 36.0. The second-order valence-electron chi connectivity index (χ2n) is 4.97. The molecule has 0 atom stereocenters. The molecule has 1 amide bonds. The van der Waals surface area contributed by atoms with Crippen LogP contribution in [0, 0.1) is 11.6 Å². The number of amides is 1. The van der Waals surface area contributed by atoms with Gasteiger partial charge in [0.15, 0.2) is 0 Å². The van der Waals surface area contributed by atoms with E-state index in [1.165, 1.54) is 19.2 Å². The molecule has 0 aliphatic carbocycles. The fraction of sp³-hybridized carbons (Fsp3) is 0.235. The molecule has 0 spiro atoms. The van der Waals surface area contributed by atoms with Crippen molar-refractivity contribution >= 4 is 17.5 Å². The maximum Gasteiger partial charge on any atom is 0.411 e. The van der Waals surface area contributed by atoms with Crippen molar-refractivity contribution in [3.8, 4) is 0 Å². The summed E-state index contributed by atoms with van der Waals surface area (Å²) in [6, 6.07) is 10.2. The Morgan fingerprint density at radius 1 is 1.04 bits per heavy atom. The molecule has 128 valence electrons. The summed E-state index contributed by atoms with van der Waals surface area (Å²) in [6.07, 6.45) is -0.587. The standard InChI is InChI=1S/C17H18F2N2O3/c1-23-5-6-24-17(22)21-16-4-2-3-15(10-16)20-11-12-7-13(18)9-14(19)8-12/h2-4,7-10,20H,5-6,11H2,1H3,(H,21,22). The Bertz CT molecular complexity index is 675. The number of nitrogens with one attached hydrogen (secondary N) is 2. The van der Waals surface area contributed by atoms with Gasteiger partial charge in [0.2, 0.25) is 0 Å². The minimum absolute atomic E-state index is 0.158. The maximum atomic E-state index is 13.2. The molecule has 2 N–H and O–H groups in total. The van der Waals surface area contributed by atoms with Gasteiger partial charge in [-0.25, -0.2) is 13.6 Å². The van der Waals surface area contributed by atoms with Crippen molar-refractivity contribution in [1.29, 1.82) is 0 Å². The fourth-order valence-corrected chi connectivity index (χ4v) is 2.00. The molecule has 0 aliphatic heterocycles. The molecule has 0 saturated heterocycles. The first-order valence-corrected chi connectivity index (χ1v) is 7.28. The van der Waals surface area contributed by atoms with Crippen LogP contribution in [-0.2, 0) is 16.0 Å². The molecule has 0 saturated carbocycles. The molecule has 0 radical (unpaired) electrons. The summed E-state index contributed by atoms with van der Waals surface area (Å²) in [7, 11) is 1.51. The molecule has 0 bridgehead atoms. The molecular weight excluding hydrogens is 318 g/mol. The molecule has 2 aromatic rings. The highest BCUT2D eigenvalue weighted by Crippen LogP contribution is 2.17. The number of carbonyl (C=O) groups excluding carboxylic acids is 1. The summed E-state index contributed by atoms with van der Waals surface area (Å²) in [4.78, 5) is 11.6. The van der Waals surface area contributed by atoms with Crippen LogP contribution in [0.15, 0.2) is 42.5 Å². The van der Waals surface area contributed by atoms with Gasteiger partial charge in [-0.15, -0.1) is 0 Å². The molecule has 0 fully saturated rings. The number of carbonyl (C=O) groups is 1. The molecular formula is C17H18F2N2O3. The minimum Gasteiger partial charge on any atom is -0.447 e. The van der Waals surface area contributed by atoms with E-state index < -0.39 is 17.7 Å². The molecule has 5 nitrogen and oxygen atoms in total. The van der Waals surface area contributed by atoms with Gasteiger partial charge in [-0.3, -0.25) is 5.32 Å². The SMILES string of the molecule is COCCOC(=O)Nc1cccc(NCc2cc(F)cc(F)c2)c1. The second kappa shape index (κ2) is 8.83. The van der Waals surface area contributed by atoms with Crippen LogP contribution >= 0.6 is 0 Å². The number of rotatable bonds is 7. The van der Waals surface area contributed by atoms with E-state index in [2.05, 4.69) is 10.6 Å². The average Bonchev–Trinajstić information content (AvgIpc) is 2.53. The first-order chi connectivity index (χ1) is 11.6. The van der Waals surface area contributed by atoms with Crippen LogP contribution in [0.4, 0.5) is 25.0 Å². The topological polar surface area (TPSA) is 59.6 Å². The van der Waals surface area contributed by atoms with Gasteiger partial charge in [-0.05, 0) is 35.9 Å². The first kappa shape index (κ1) is 17.7. The number of ether oxygens (including phenoxy) is 2. The summed E-state index contributed by atoms with van der Waals surface area (Å²) >= 11 is 0. The predicted octanol–water partition coefficient (Wildman–Crippen LogP) is 3.77. The number of hydrogen-bond donors (Lipinski definition) is 2. The maximum absolute atomic E-state index is 13.2. The van der Waals surface area contributed by atoms with Gasteiger partial charge in [-0.1, -0.05) is 6.07 Å². The smallest absolute Gasteiger partial charge is 0.411 e. The molecule has 0 heterocycles. The van der Waals surface area contributed by atoms with Gasteiger partial charge in [0.05, 0.1) is 6.61 Å². The van der Waals surface area contributed by atoms with E-state index in [9.17, 15) is 13.6 Å². The number of hydrogen-bond acceptors (Lipinski definition) is 4. The van der Waals surface area contributed by atoms with E-state index in [4.69, 9.17) is 9.47 Å². The third-order valence-electron chi connectivity index (χ3n) is 3.05. The largest absolute Gasteiger partial charge is 0.447 e. The Hall–Kier alpha value is -2.67. The third kappa shape index (κ3) is 5.85. The zero-order valence-electron chi connectivity index (χ0n) is 13.1. The molecule has 24 heavy (non-hydrogen) atoms. The van der Waals surface area contributed by atoms with Crippen molar-refractivity contribution < 1.29 is 23.0 Å². The van der Waals surface area contributed by atoms with Gasteiger partial charge >= 0.3 is 6.09 Å². The van der Waals surface area contributed by atoms with Crippen LogP contribution in [0.2, 0.25) is 0 Å². The van der Waals surface area contributed by atoms with Gasteiger partial charge in [0, 0.05) is 31.1 Å². The van der Waals surface area contributed by atoms with E-state index in [1.807, 2.05) is 0 Å². The predicted molar refractivity (Wildman–Crippen MR) is 87.0 cm³/mol. The number of benzene rings is 2. The molecule has 2 rings (SSSR count). The number of methoxy groups -OCH3 is 1. The van der Waals surface area contributed by atoms with Crippen LogP contribution in [-0.4, -0.2) is 26.4 Å². The summed E-state index contributed by atoms with van der Waals surface area (Å²) in [5.41, 5.74) is 1.70. The van der Waals surface area contributed by atoms with Crippen molar-refractivity contribution in [2.24, 2.45) is 0 Å². The Morgan fingerprint density at radius 2 is 1.75 bits per heavy atom. The Labute approximate surface area is 138 Å². The van der Waals surface area contributed by atoms with Crippen LogP contribution in [0.5, 0.6) is 0 Å². The van der Waals surface area contributed by atoms with Crippen molar-refractivity contribution in [3.05, 3.63) is 59.7 Å². The van der Waals surface area contributed by atoms with Crippen LogP contribution < -0.4 is 10.6 Å². The van der Waals surface area contributed by atoms with E-state index in [1.54, 1.807) is 24.3 Å². The van der Waals surface area contributed by atoms with Crippen LogP contribution in [0.3, 0.4) is 0 Å². The van der Waals surface area contributed by atoms with Crippen LogP contribution in [0.25, 0.3) is 0 Å². The van der Waals surface area contributed by atoms with Crippen LogP contribution in [0.1, 0.15) is 5.56 Å². The zero-order valence-corrected chi connectivity index (χ0v) is 13.1. The lowest BCUT2D eigenvalue weighted by Gasteiger charge is -2.10. The second-order valence-corrected chi connectivity index (χ2v) is 4.97. The van der Waals surface area contributed by atoms with E-state index in [0.717, 1.165) is 6.07 Å². The number of halogens is 2. The highest BCUT2D eigenvalue weighted by Gasteiger charge is 2.04. The van der Waals surface area contributed by atoms with Gasteiger partial charge in [0.1, 0.15) is 18.2 Å². The van der Waals surface area contributed by atoms with Gasteiger partial charge in [-0.2, -0.15) is 0 Å². The minimum atomic E-state index is -0.624. The van der Waals surface area contributed by atoms with Crippen molar-refractivity contribution in [2.45, 2.75) is 6.54 Å². The lowest BCUT2D eigenvalue weighted by atomic mass is 10.2. The summed E-state index contributed by atoms with van der Waals surface area (Å²) in [5.74, 6) is -1.25. The summed E-state index contributed by atoms with van der Waals surface area (Å²) in [5, 5.41) is 5.62. The molecule has 7 heteroatoms. The van der Waals surface area contributed by atoms with Gasteiger partial charge in [0.25, 0.3) is 0 Å². The monoisotopic (exact) mass is 336 g/mol. The normalized spacial score (nSPS) is 10.3. The highest BCUT2D eigenvalue weighted by atomic mass is 19.1. The van der Waals surface area contributed by atoms with Crippen molar-refractivity contribution in [1.82, 2.24) is 0 Å². The van der Waals surface area contributed by atoms with Crippen molar-refractivity contribution in [2.75, 3.05) is 31.0 Å². The molecule has 2 aromatic carbocycles. The number of anilines is 2. The van der Waals surface area contributed by atoms with Crippen molar-refractivity contribution in [3.63, 3.8) is 0 Å². The fourth-order valence-electron chi connectivity index (χ4n) is 2.00. The quantitative estimate of drug-likeness (QED) is 0.756. The van der Waals surface area contributed by atoms with Gasteiger partial charge < -0.3 is 14.8 Å². The Balaban J connectivity index is 1.91. The highest BCUT2D eigenvalue weighted by molar-refractivity contribution is 5.85. The Kier molecular flexibility index (Phi) is 6.51. The first-order valence-electron chi connectivity index (χ1n) is 7.28. The lowest BCUT2D eigenvalue weighted by Crippen LogP contribution is -2.16. The third-order valence-corrected chi connectivity index (χ3v) is 3.05. The molecule has 0 unspecified atom stereocenters. The molecule has 0 aliphatic rings. The van der Waals surface area contributed by atoms with E-state index in [-0.39, 0.29) is 13.2 Å². The molecule has 0 aromatic heterocycles. The lowest BCUT2D eigenvalue weighted by molar-refractivity contribution is 0.107. The van der Waals surface area contributed by atoms with E-state index >= 15 is 0 Å².